The Morgan fingerprint density at radius 2 is 2.24 bits per heavy atom. The lowest BCUT2D eigenvalue weighted by atomic mass is 9.97. The number of allylic oxidation sites excluding steroid dienone is 1. The molecule has 0 spiro atoms. The largest absolute Gasteiger partial charge is 0.362 e. The maximum absolute atomic E-state index is 11.6. The molecule has 1 aromatic rings. The number of nitrogens with zero attached hydrogens (tertiary/aromatic N) is 3. The molecule has 2 atom stereocenters. The lowest BCUT2D eigenvalue weighted by Crippen LogP contribution is -2.47. The monoisotopic (exact) mass is 368 g/mol. The Balaban J connectivity index is 2.26. The number of halogens is 1. The van der Waals surface area contributed by atoms with Gasteiger partial charge >= 0.3 is 0 Å². The zero-order valence-corrected chi connectivity index (χ0v) is 15.6. The molecule has 0 aliphatic carbocycles. The maximum atomic E-state index is 11.6. The fraction of sp³-hybridized carbons (Fsp3) is 0.588. The van der Waals surface area contributed by atoms with Gasteiger partial charge in [0.05, 0.1) is 10.8 Å². The predicted octanol–water partition coefficient (Wildman–Crippen LogP) is 3.38. The molecule has 0 aromatic carbocycles. The van der Waals surface area contributed by atoms with Crippen LogP contribution in [0.3, 0.4) is 0 Å². The fourth-order valence-corrected chi connectivity index (χ4v) is 3.11. The summed E-state index contributed by atoms with van der Waals surface area (Å²) in [5.74, 6) is 0.341. The normalized spacial score (nSPS) is 20.7. The average molecular weight is 369 g/mol. The van der Waals surface area contributed by atoms with Gasteiger partial charge in [-0.15, -0.1) is 0 Å². The number of aromatic nitrogens is 1. The van der Waals surface area contributed by atoms with Crippen LogP contribution in [0.2, 0.25) is 5.15 Å². The van der Waals surface area contributed by atoms with E-state index in [1.54, 1.807) is 12.3 Å². The Bertz CT molecular complexity index is 621. The van der Waals surface area contributed by atoms with E-state index in [2.05, 4.69) is 10.3 Å². The van der Waals surface area contributed by atoms with Gasteiger partial charge in [0, 0.05) is 32.3 Å². The number of rotatable bonds is 8. The maximum Gasteiger partial charge on any atom is 0.288 e. The van der Waals surface area contributed by atoms with Crippen LogP contribution in [0.1, 0.15) is 39.2 Å². The van der Waals surface area contributed by atoms with Gasteiger partial charge in [0.25, 0.3) is 5.70 Å². The van der Waals surface area contributed by atoms with E-state index in [-0.39, 0.29) is 22.8 Å². The van der Waals surface area contributed by atoms with Crippen molar-refractivity contribution in [3.05, 3.63) is 50.7 Å². The third kappa shape index (κ3) is 4.83. The van der Waals surface area contributed by atoms with E-state index in [1.165, 1.54) is 0 Å². The van der Waals surface area contributed by atoms with Crippen molar-refractivity contribution in [2.24, 2.45) is 5.92 Å². The molecular weight excluding hydrogens is 344 g/mol. The van der Waals surface area contributed by atoms with Crippen LogP contribution in [-0.2, 0) is 11.3 Å². The molecule has 1 aliphatic rings. The van der Waals surface area contributed by atoms with Crippen LogP contribution in [0.5, 0.6) is 0 Å². The Labute approximate surface area is 153 Å². The van der Waals surface area contributed by atoms with Gasteiger partial charge in [-0.3, -0.25) is 10.1 Å². The zero-order valence-electron chi connectivity index (χ0n) is 14.9. The molecule has 25 heavy (non-hydrogen) atoms. The van der Waals surface area contributed by atoms with E-state index in [0.717, 1.165) is 12.0 Å². The second kappa shape index (κ2) is 9.01. The van der Waals surface area contributed by atoms with E-state index >= 15 is 0 Å². The van der Waals surface area contributed by atoms with E-state index in [4.69, 9.17) is 16.3 Å². The van der Waals surface area contributed by atoms with Crippen LogP contribution < -0.4 is 5.32 Å². The smallest absolute Gasteiger partial charge is 0.288 e. The van der Waals surface area contributed by atoms with Crippen molar-refractivity contribution in [3.8, 4) is 0 Å². The molecule has 0 saturated heterocycles. The highest BCUT2D eigenvalue weighted by molar-refractivity contribution is 6.29. The van der Waals surface area contributed by atoms with Gasteiger partial charge in [-0.1, -0.05) is 31.5 Å². The quantitative estimate of drug-likeness (QED) is 0.430. The molecule has 2 heterocycles. The van der Waals surface area contributed by atoms with Crippen molar-refractivity contribution >= 4 is 11.6 Å². The summed E-state index contributed by atoms with van der Waals surface area (Å²) >= 11 is 5.80. The number of nitro groups is 1. The minimum atomic E-state index is -0.286. The molecule has 7 nitrogen and oxygen atoms in total. The van der Waals surface area contributed by atoms with E-state index in [1.807, 2.05) is 31.7 Å². The number of pyridine rings is 1. The Hall–Kier alpha value is -1.86. The van der Waals surface area contributed by atoms with Crippen molar-refractivity contribution in [1.82, 2.24) is 15.2 Å². The van der Waals surface area contributed by atoms with Crippen molar-refractivity contribution < 1.29 is 9.66 Å². The van der Waals surface area contributed by atoms with Gasteiger partial charge in [-0.25, -0.2) is 4.98 Å². The Morgan fingerprint density at radius 3 is 2.80 bits per heavy atom. The molecule has 1 aromatic heterocycles. The standard InChI is InChI=1S/C17H25ClN4O3/c1-4-8-25-15-9-12(3)16(22(23)24)17(21(15)5-2)20-11-13-6-7-14(18)19-10-13/h6-7,10,12,15,20H,4-5,8-9,11H2,1-3H3. The highest BCUT2D eigenvalue weighted by Crippen LogP contribution is 2.31. The summed E-state index contributed by atoms with van der Waals surface area (Å²) in [5.41, 5.74) is 1.11. The van der Waals surface area contributed by atoms with Crippen LogP contribution in [0.4, 0.5) is 0 Å². The molecule has 0 fully saturated rings. The molecule has 1 aliphatic heterocycles. The summed E-state index contributed by atoms with van der Waals surface area (Å²) < 4.78 is 5.93. The third-order valence-electron chi connectivity index (χ3n) is 4.20. The van der Waals surface area contributed by atoms with Gasteiger partial charge < -0.3 is 15.0 Å². The molecule has 2 unspecified atom stereocenters. The number of nitrogens with one attached hydrogen (secondary N) is 1. The molecule has 0 saturated carbocycles. The summed E-state index contributed by atoms with van der Waals surface area (Å²) in [6, 6.07) is 3.55. The minimum absolute atomic E-state index is 0.158. The number of ether oxygens (including phenoxy) is 1. The van der Waals surface area contributed by atoms with Crippen LogP contribution in [-0.4, -0.2) is 34.2 Å². The summed E-state index contributed by atoms with van der Waals surface area (Å²) in [7, 11) is 0. The minimum Gasteiger partial charge on any atom is -0.362 e. The van der Waals surface area contributed by atoms with Gasteiger partial charge in [-0.2, -0.15) is 0 Å². The molecule has 138 valence electrons. The first-order valence-electron chi connectivity index (χ1n) is 8.59. The molecule has 0 amide bonds. The van der Waals surface area contributed by atoms with E-state index in [9.17, 15) is 10.1 Å². The molecule has 0 bridgehead atoms. The summed E-state index contributed by atoms with van der Waals surface area (Å²) in [5, 5.41) is 15.3. The van der Waals surface area contributed by atoms with E-state index in [0.29, 0.717) is 37.1 Å². The van der Waals surface area contributed by atoms with Crippen LogP contribution in [0.25, 0.3) is 0 Å². The molecule has 2 rings (SSSR count). The summed E-state index contributed by atoms with van der Waals surface area (Å²) in [4.78, 5) is 17.3. The second-order valence-electron chi connectivity index (χ2n) is 6.08. The van der Waals surface area contributed by atoms with Gasteiger partial charge in [0.1, 0.15) is 11.4 Å². The second-order valence-corrected chi connectivity index (χ2v) is 6.47. The number of hydrogen-bond donors (Lipinski definition) is 1. The van der Waals surface area contributed by atoms with Crippen molar-refractivity contribution in [2.75, 3.05) is 13.2 Å². The highest BCUT2D eigenvalue weighted by atomic mass is 35.5. The predicted molar refractivity (Wildman–Crippen MR) is 96.3 cm³/mol. The lowest BCUT2D eigenvalue weighted by Gasteiger charge is -2.39. The number of hydrogen-bond acceptors (Lipinski definition) is 6. The first-order chi connectivity index (χ1) is 12.0. The first-order valence-corrected chi connectivity index (χ1v) is 8.96. The van der Waals surface area contributed by atoms with Gasteiger partial charge in [0.15, 0.2) is 5.82 Å². The van der Waals surface area contributed by atoms with E-state index < -0.39 is 0 Å². The molecule has 8 heteroatoms. The third-order valence-corrected chi connectivity index (χ3v) is 4.42. The van der Waals surface area contributed by atoms with Crippen LogP contribution >= 0.6 is 11.6 Å². The molecule has 1 N–H and O–H groups in total. The summed E-state index contributed by atoms with van der Waals surface area (Å²) in [6.45, 7) is 7.59. The Morgan fingerprint density at radius 1 is 1.48 bits per heavy atom. The lowest BCUT2D eigenvalue weighted by molar-refractivity contribution is -0.439. The zero-order chi connectivity index (χ0) is 18.4. The van der Waals surface area contributed by atoms with Crippen molar-refractivity contribution in [2.45, 2.75) is 46.4 Å². The fourth-order valence-electron chi connectivity index (χ4n) is 2.99. The van der Waals surface area contributed by atoms with Gasteiger partial charge in [0.2, 0.25) is 0 Å². The van der Waals surface area contributed by atoms with Crippen molar-refractivity contribution in [3.63, 3.8) is 0 Å². The van der Waals surface area contributed by atoms with Crippen LogP contribution in [0, 0.1) is 16.0 Å². The SMILES string of the molecule is CCCOC1CC(C)C([N+](=O)[O-])=C(NCc2ccc(Cl)nc2)N1CC. The van der Waals surface area contributed by atoms with Crippen molar-refractivity contribution in [1.29, 1.82) is 0 Å². The highest BCUT2D eigenvalue weighted by Gasteiger charge is 2.39. The van der Waals surface area contributed by atoms with Crippen LogP contribution in [0.15, 0.2) is 29.8 Å². The average Bonchev–Trinajstić information content (AvgIpc) is 2.58. The molecule has 0 radical (unpaired) electrons. The summed E-state index contributed by atoms with van der Waals surface area (Å²) in [6.07, 6.45) is 3.02. The van der Waals surface area contributed by atoms with Gasteiger partial charge in [-0.05, 0) is 25.0 Å². The molecular formula is C17H25ClN4O3. The topological polar surface area (TPSA) is 80.5 Å². The Kier molecular flexibility index (Phi) is 7.01. The first kappa shape index (κ1) is 19.5.